The van der Waals surface area contributed by atoms with Gasteiger partial charge in [0.15, 0.2) is 0 Å². The summed E-state index contributed by atoms with van der Waals surface area (Å²) in [6, 6.07) is 0.216. The van der Waals surface area contributed by atoms with Crippen LogP contribution in [0.3, 0.4) is 0 Å². The van der Waals surface area contributed by atoms with E-state index in [1.807, 2.05) is 0 Å². The molecule has 0 spiro atoms. The van der Waals surface area contributed by atoms with Crippen LogP contribution in [0, 0.1) is 0 Å². The largest absolute Gasteiger partial charge is 0.330 e. The van der Waals surface area contributed by atoms with E-state index >= 15 is 0 Å². The molecule has 0 radical (unpaired) electrons. The first-order valence-electron chi connectivity index (χ1n) is 2.84. The first-order chi connectivity index (χ1) is 4.22. The lowest BCUT2D eigenvalue weighted by atomic mass is 10.6. The average Bonchev–Trinajstić information content (AvgIpc) is 1.87. The maximum Gasteiger partial charge on any atom is 0.330 e. The zero-order valence-corrected chi connectivity index (χ0v) is 7.85. The van der Waals surface area contributed by atoms with Crippen LogP contribution in [-0.4, -0.2) is 23.8 Å². The van der Waals surface area contributed by atoms with Crippen molar-refractivity contribution in [3.05, 3.63) is 0 Å². The Bertz CT molecular complexity index is 74.1. The highest BCUT2D eigenvalue weighted by atomic mass is 28.4. The van der Waals surface area contributed by atoms with Crippen molar-refractivity contribution >= 4 is 19.3 Å². The second-order valence-corrected chi connectivity index (χ2v) is 5.32. The Labute approximate surface area is 56.7 Å². The third-order valence-electron chi connectivity index (χ3n) is 0.945. The third-order valence-corrected chi connectivity index (χ3v) is 4.44. The normalized spacial score (nSPS) is 15.7. The lowest BCUT2D eigenvalue weighted by Gasteiger charge is -2.08. The van der Waals surface area contributed by atoms with E-state index in [4.69, 9.17) is 0 Å². The number of halogens is 3. The third kappa shape index (κ3) is 3.71. The van der Waals surface area contributed by atoms with Crippen LogP contribution in [0.4, 0.5) is 12.7 Å². The van der Waals surface area contributed by atoms with Crippen LogP contribution in [0.15, 0.2) is 0 Å². The van der Waals surface area contributed by atoms with Gasteiger partial charge < -0.3 is 0 Å². The minimum absolute atomic E-state index is 0.177. The number of hydrogen-bond acceptors (Lipinski definition) is 1. The number of rotatable bonds is 4. The lowest BCUT2D eigenvalue weighted by molar-refractivity contribution is 0.224. The lowest BCUT2D eigenvalue weighted by Crippen LogP contribution is -2.29. The molecule has 0 saturated heterocycles. The van der Waals surface area contributed by atoms with Crippen molar-refractivity contribution in [2.45, 2.75) is 19.4 Å². The van der Waals surface area contributed by atoms with Crippen LogP contribution >= 0.6 is 0 Å². The second-order valence-electron chi connectivity index (χ2n) is 1.74. The zero-order chi connectivity index (χ0) is 7.28. The van der Waals surface area contributed by atoms with Crippen LogP contribution in [-0.2, 0) is 0 Å². The molecule has 0 aliphatic carbocycles. The summed E-state index contributed by atoms with van der Waals surface area (Å²) in [6.45, 7) is 1.76. The molecule has 0 heterocycles. The minimum Gasteiger partial charge on any atom is -0.300 e. The molecule has 0 rings (SSSR count). The van der Waals surface area contributed by atoms with Gasteiger partial charge in [0.05, 0.1) is 0 Å². The molecular weight excluding hydrogens is 163 g/mol. The van der Waals surface area contributed by atoms with Gasteiger partial charge in [-0.1, -0.05) is 13.3 Å². The standard InChI is InChI=1S/C3H10F3NSi2/c1-2-3-9(6)7(4)8-5/h9H,2-3,8H2,1H3. The topological polar surface area (TPSA) is 3.24 Å². The summed E-state index contributed by atoms with van der Waals surface area (Å²) in [7, 11) is -5.32. The van der Waals surface area contributed by atoms with Gasteiger partial charge in [0.25, 0.3) is 0 Å². The van der Waals surface area contributed by atoms with Crippen LogP contribution in [0.25, 0.3) is 0 Å². The molecule has 1 nitrogen and oxygen atoms in total. The molecule has 0 amide bonds. The van der Waals surface area contributed by atoms with E-state index in [0.717, 1.165) is 0 Å². The maximum atomic E-state index is 12.3. The number of hydrogen-bond donors (Lipinski definition) is 0. The summed E-state index contributed by atoms with van der Waals surface area (Å²) < 4.78 is 35.5. The van der Waals surface area contributed by atoms with E-state index in [-0.39, 0.29) is 10.5 Å². The zero-order valence-electron chi connectivity index (χ0n) is 5.28. The molecule has 1 unspecified atom stereocenters. The van der Waals surface area contributed by atoms with Gasteiger partial charge >= 0.3 is 19.3 Å². The molecule has 0 saturated carbocycles. The van der Waals surface area contributed by atoms with E-state index in [2.05, 4.69) is 0 Å². The molecule has 0 aliphatic rings. The Hall–Kier alpha value is 0.184. The van der Waals surface area contributed by atoms with Crippen molar-refractivity contribution < 1.29 is 12.7 Å². The van der Waals surface area contributed by atoms with E-state index in [0.29, 0.717) is 6.42 Å². The highest BCUT2D eigenvalue weighted by molar-refractivity contribution is 6.56. The SMILES string of the molecule is CCC[SiH](F)N(F)[SiH2]F. The first kappa shape index (κ1) is 9.18. The van der Waals surface area contributed by atoms with Gasteiger partial charge in [-0.3, -0.25) is 8.22 Å². The Morgan fingerprint density at radius 2 is 2.22 bits per heavy atom. The van der Waals surface area contributed by atoms with Crippen LogP contribution < -0.4 is 0 Å². The minimum atomic E-state index is -2.94. The molecule has 0 fully saturated rings. The Morgan fingerprint density at radius 1 is 1.67 bits per heavy atom. The highest BCUT2D eigenvalue weighted by Gasteiger charge is 2.18. The van der Waals surface area contributed by atoms with E-state index in [9.17, 15) is 12.7 Å². The number of nitrogens with zero attached hydrogens (tertiary/aromatic N) is 1. The molecule has 0 aromatic carbocycles. The van der Waals surface area contributed by atoms with Gasteiger partial charge in [-0.2, -0.15) is 0 Å². The van der Waals surface area contributed by atoms with Gasteiger partial charge in [0.2, 0.25) is 0 Å². The van der Waals surface area contributed by atoms with Crippen molar-refractivity contribution in [3.8, 4) is 0 Å². The quantitative estimate of drug-likeness (QED) is 0.344. The molecule has 6 heteroatoms. The van der Waals surface area contributed by atoms with Crippen LogP contribution in [0.2, 0.25) is 6.04 Å². The molecule has 0 aromatic heterocycles. The van der Waals surface area contributed by atoms with E-state index in [1.165, 1.54) is 0 Å². The van der Waals surface area contributed by atoms with Crippen molar-refractivity contribution in [2.75, 3.05) is 0 Å². The van der Waals surface area contributed by atoms with Crippen LogP contribution in [0.1, 0.15) is 13.3 Å². The fraction of sp³-hybridized carbons (Fsp3) is 1.00. The average molecular weight is 173 g/mol. The molecule has 0 aromatic rings. The summed E-state index contributed by atoms with van der Waals surface area (Å²) in [5.74, 6) is 0. The van der Waals surface area contributed by atoms with Gasteiger partial charge in [-0.15, -0.1) is 8.93 Å². The molecule has 56 valence electrons. The van der Waals surface area contributed by atoms with E-state index < -0.39 is 19.3 Å². The summed E-state index contributed by atoms with van der Waals surface area (Å²) in [4.78, 5) is 0. The highest BCUT2D eigenvalue weighted by Crippen LogP contribution is 2.03. The molecular formula is C3H10F3NSi2. The fourth-order valence-electron chi connectivity index (χ4n) is 0.453. The van der Waals surface area contributed by atoms with Crippen molar-refractivity contribution in [3.63, 3.8) is 0 Å². The Kier molecular flexibility index (Phi) is 5.11. The van der Waals surface area contributed by atoms with Crippen LogP contribution in [0.5, 0.6) is 0 Å². The Balaban J connectivity index is 3.32. The van der Waals surface area contributed by atoms with E-state index in [1.54, 1.807) is 6.92 Å². The molecule has 0 aliphatic heterocycles. The molecule has 0 bridgehead atoms. The smallest absolute Gasteiger partial charge is 0.300 e. The predicted octanol–water partition coefficient (Wildman–Crippen LogP) is 0.741. The summed E-state index contributed by atoms with van der Waals surface area (Å²) in [5.41, 5.74) is 0. The monoisotopic (exact) mass is 173 g/mol. The summed E-state index contributed by atoms with van der Waals surface area (Å²) in [6.07, 6.45) is 0.599. The van der Waals surface area contributed by atoms with Crippen molar-refractivity contribution in [1.29, 1.82) is 0 Å². The second kappa shape index (κ2) is 5.01. The van der Waals surface area contributed by atoms with Gasteiger partial charge in [0, 0.05) is 0 Å². The van der Waals surface area contributed by atoms with Crippen molar-refractivity contribution in [2.24, 2.45) is 0 Å². The Morgan fingerprint density at radius 3 is 2.56 bits per heavy atom. The molecule has 9 heavy (non-hydrogen) atoms. The van der Waals surface area contributed by atoms with Gasteiger partial charge in [-0.25, -0.2) is 0 Å². The van der Waals surface area contributed by atoms with Crippen molar-refractivity contribution in [1.82, 2.24) is 4.45 Å². The predicted molar refractivity (Wildman–Crippen MR) is 36.0 cm³/mol. The molecule has 1 atom stereocenters. The first-order valence-corrected chi connectivity index (χ1v) is 5.78. The fourth-order valence-corrected chi connectivity index (χ4v) is 2.36. The maximum absolute atomic E-state index is 12.3. The summed E-state index contributed by atoms with van der Waals surface area (Å²) in [5, 5.41) is 0. The van der Waals surface area contributed by atoms with Gasteiger partial charge in [-0.05, 0) is 6.04 Å². The molecule has 0 N–H and O–H groups in total. The van der Waals surface area contributed by atoms with Gasteiger partial charge in [0.1, 0.15) is 0 Å². The summed E-state index contributed by atoms with van der Waals surface area (Å²) >= 11 is 0.